The number of nitrogens with zero attached hydrogens (tertiary/aromatic N) is 3. The van der Waals surface area contributed by atoms with Crippen molar-refractivity contribution in [1.29, 1.82) is 0 Å². The van der Waals surface area contributed by atoms with E-state index in [1.54, 1.807) is 6.20 Å². The van der Waals surface area contributed by atoms with E-state index in [-0.39, 0.29) is 6.61 Å². The molecule has 0 aliphatic carbocycles. The number of hydrogen-bond acceptors (Lipinski definition) is 4. The Bertz CT molecular complexity index is 550. The van der Waals surface area contributed by atoms with Gasteiger partial charge in [-0.05, 0) is 37.7 Å². The van der Waals surface area contributed by atoms with Crippen LogP contribution in [0.1, 0.15) is 32.4 Å². The second kappa shape index (κ2) is 6.70. The van der Waals surface area contributed by atoms with E-state index in [0.717, 1.165) is 36.4 Å². The van der Waals surface area contributed by atoms with Crippen molar-refractivity contribution in [3.63, 3.8) is 0 Å². The maximum Gasteiger partial charge on any atom is 0.152 e. The van der Waals surface area contributed by atoms with E-state index >= 15 is 0 Å². The average molecular weight is 276 g/mol. The van der Waals surface area contributed by atoms with Crippen LogP contribution in [0.3, 0.4) is 0 Å². The molecule has 2 rings (SSSR count). The van der Waals surface area contributed by atoms with Gasteiger partial charge in [-0.25, -0.2) is 9.50 Å². The minimum Gasteiger partial charge on any atom is -0.396 e. The van der Waals surface area contributed by atoms with E-state index in [9.17, 15) is 0 Å². The van der Waals surface area contributed by atoms with E-state index in [0.29, 0.717) is 11.8 Å². The van der Waals surface area contributed by atoms with E-state index in [4.69, 9.17) is 5.11 Å². The molecular formula is C15H24N4O. The first-order valence-electron chi connectivity index (χ1n) is 7.26. The highest BCUT2D eigenvalue weighted by Gasteiger charge is 2.12. The normalized spacial score (nSPS) is 13.1. The van der Waals surface area contributed by atoms with E-state index in [1.165, 1.54) is 0 Å². The van der Waals surface area contributed by atoms with Gasteiger partial charge in [0.15, 0.2) is 5.82 Å². The number of aliphatic hydroxyl groups excluding tert-OH is 1. The molecule has 0 spiro atoms. The fourth-order valence-corrected chi connectivity index (χ4v) is 2.57. The van der Waals surface area contributed by atoms with Gasteiger partial charge in [-0.2, -0.15) is 5.10 Å². The fraction of sp³-hybridized carbons (Fsp3) is 0.600. The minimum atomic E-state index is 0.239. The third-order valence-corrected chi connectivity index (χ3v) is 3.41. The molecule has 2 heterocycles. The number of aryl methyl sites for hydroxylation is 1. The zero-order valence-corrected chi connectivity index (χ0v) is 12.5. The Kier molecular flexibility index (Phi) is 4.95. The molecule has 2 N–H and O–H groups in total. The molecule has 5 heteroatoms. The summed E-state index contributed by atoms with van der Waals surface area (Å²) in [5.41, 5.74) is 1.98. The molecule has 1 unspecified atom stereocenters. The Balaban J connectivity index is 2.07. The average Bonchev–Trinajstić information content (AvgIpc) is 2.76. The summed E-state index contributed by atoms with van der Waals surface area (Å²) in [7, 11) is 0. The zero-order valence-electron chi connectivity index (χ0n) is 12.5. The molecular weight excluding hydrogens is 252 g/mol. The van der Waals surface area contributed by atoms with Crippen LogP contribution in [0.15, 0.2) is 18.5 Å². The highest BCUT2D eigenvalue weighted by molar-refractivity contribution is 5.67. The lowest BCUT2D eigenvalue weighted by Gasteiger charge is -2.19. The molecule has 0 amide bonds. The summed E-state index contributed by atoms with van der Waals surface area (Å²) in [6.07, 6.45) is 5.54. The maximum absolute atomic E-state index is 9.16. The number of hydrogen-bond donors (Lipinski definition) is 2. The van der Waals surface area contributed by atoms with E-state index in [2.05, 4.69) is 29.2 Å². The van der Waals surface area contributed by atoms with E-state index < -0.39 is 0 Å². The highest BCUT2D eigenvalue weighted by Crippen LogP contribution is 2.19. The third kappa shape index (κ3) is 3.70. The lowest BCUT2D eigenvalue weighted by Crippen LogP contribution is -2.18. The number of nitrogens with one attached hydrogen (secondary N) is 1. The van der Waals surface area contributed by atoms with Crippen LogP contribution in [0, 0.1) is 18.8 Å². The molecule has 2 aromatic heterocycles. The van der Waals surface area contributed by atoms with Crippen molar-refractivity contribution in [1.82, 2.24) is 14.6 Å². The van der Waals surface area contributed by atoms with Gasteiger partial charge in [-0.15, -0.1) is 0 Å². The lowest BCUT2D eigenvalue weighted by atomic mass is 9.94. The van der Waals surface area contributed by atoms with Gasteiger partial charge in [0.2, 0.25) is 0 Å². The van der Waals surface area contributed by atoms with Crippen molar-refractivity contribution in [2.24, 2.45) is 11.8 Å². The standard InChI is InChI=1S/C15H24N4O/c1-11(2)8-13(4-7-20)10-17-15-14-9-12(3)18-19(14)6-5-16-15/h5-6,9,11,13,20H,4,7-8,10H2,1-3H3,(H,16,17). The fourth-order valence-electron chi connectivity index (χ4n) is 2.57. The molecule has 0 aromatic carbocycles. The van der Waals surface area contributed by atoms with Crippen LogP contribution in [0.5, 0.6) is 0 Å². The summed E-state index contributed by atoms with van der Waals surface area (Å²) in [4.78, 5) is 4.40. The van der Waals surface area contributed by atoms with Crippen LogP contribution in [0.25, 0.3) is 5.52 Å². The third-order valence-electron chi connectivity index (χ3n) is 3.41. The molecule has 0 aliphatic rings. The first-order valence-corrected chi connectivity index (χ1v) is 7.26. The SMILES string of the molecule is Cc1cc2c(NCC(CCO)CC(C)C)nccn2n1. The van der Waals surface area contributed by atoms with Gasteiger partial charge >= 0.3 is 0 Å². The summed E-state index contributed by atoms with van der Waals surface area (Å²) in [6, 6.07) is 2.03. The summed E-state index contributed by atoms with van der Waals surface area (Å²) in [5.74, 6) is 1.96. The molecule has 0 saturated heterocycles. The quantitative estimate of drug-likeness (QED) is 0.815. The molecule has 0 fully saturated rings. The molecule has 2 aromatic rings. The van der Waals surface area contributed by atoms with Crippen LogP contribution in [-0.4, -0.2) is 32.9 Å². The molecule has 20 heavy (non-hydrogen) atoms. The Morgan fingerprint density at radius 2 is 2.20 bits per heavy atom. The molecule has 5 nitrogen and oxygen atoms in total. The van der Waals surface area contributed by atoms with Crippen molar-refractivity contribution in [2.75, 3.05) is 18.5 Å². The number of aromatic nitrogens is 3. The van der Waals surface area contributed by atoms with Gasteiger partial charge in [0.05, 0.1) is 5.69 Å². The van der Waals surface area contributed by atoms with Gasteiger partial charge < -0.3 is 10.4 Å². The number of fused-ring (bicyclic) bond motifs is 1. The number of aliphatic hydroxyl groups is 1. The van der Waals surface area contributed by atoms with Gasteiger partial charge in [0, 0.05) is 25.5 Å². The Morgan fingerprint density at radius 1 is 1.40 bits per heavy atom. The van der Waals surface area contributed by atoms with Gasteiger partial charge in [-0.3, -0.25) is 0 Å². The topological polar surface area (TPSA) is 62.5 Å². The second-order valence-corrected chi connectivity index (χ2v) is 5.78. The molecule has 0 bridgehead atoms. The van der Waals surface area contributed by atoms with E-state index in [1.807, 2.05) is 23.7 Å². The number of anilines is 1. The zero-order chi connectivity index (χ0) is 14.5. The van der Waals surface area contributed by atoms with Crippen LogP contribution < -0.4 is 5.32 Å². The Hall–Kier alpha value is -1.62. The monoisotopic (exact) mass is 276 g/mol. The summed E-state index contributed by atoms with van der Waals surface area (Å²) in [6.45, 7) is 7.47. The maximum atomic E-state index is 9.16. The van der Waals surface area contributed by atoms with Crippen molar-refractivity contribution in [2.45, 2.75) is 33.6 Å². The van der Waals surface area contributed by atoms with Crippen molar-refractivity contribution in [3.05, 3.63) is 24.2 Å². The summed E-state index contributed by atoms with van der Waals surface area (Å²) < 4.78 is 1.84. The van der Waals surface area contributed by atoms with Gasteiger partial charge in [-0.1, -0.05) is 13.8 Å². The van der Waals surface area contributed by atoms with Gasteiger partial charge in [0.1, 0.15) is 5.52 Å². The molecule has 0 aliphatic heterocycles. The van der Waals surface area contributed by atoms with Gasteiger partial charge in [0.25, 0.3) is 0 Å². The largest absolute Gasteiger partial charge is 0.396 e. The van der Waals surface area contributed by atoms with Crippen molar-refractivity contribution >= 4 is 11.3 Å². The molecule has 110 valence electrons. The van der Waals surface area contributed by atoms with Crippen LogP contribution >= 0.6 is 0 Å². The van der Waals surface area contributed by atoms with Crippen LogP contribution in [0.4, 0.5) is 5.82 Å². The minimum absolute atomic E-state index is 0.239. The summed E-state index contributed by atoms with van der Waals surface area (Å²) >= 11 is 0. The molecule has 1 atom stereocenters. The predicted molar refractivity (Wildman–Crippen MR) is 80.9 cm³/mol. The molecule has 0 radical (unpaired) electrons. The second-order valence-electron chi connectivity index (χ2n) is 5.78. The van der Waals surface area contributed by atoms with Crippen molar-refractivity contribution < 1.29 is 5.11 Å². The lowest BCUT2D eigenvalue weighted by molar-refractivity contribution is 0.247. The Labute approximate surface area is 120 Å². The number of rotatable bonds is 7. The highest BCUT2D eigenvalue weighted by atomic mass is 16.3. The van der Waals surface area contributed by atoms with Crippen molar-refractivity contribution in [3.8, 4) is 0 Å². The summed E-state index contributed by atoms with van der Waals surface area (Å²) in [5, 5.41) is 17.0. The van der Waals surface area contributed by atoms with Crippen LogP contribution in [-0.2, 0) is 0 Å². The first-order chi connectivity index (χ1) is 9.60. The Morgan fingerprint density at radius 3 is 2.90 bits per heavy atom. The first kappa shape index (κ1) is 14.8. The van der Waals surface area contributed by atoms with Crippen LogP contribution in [0.2, 0.25) is 0 Å². The molecule has 0 saturated carbocycles. The predicted octanol–water partition coefficient (Wildman–Crippen LogP) is 2.49. The smallest absolute Gasteiger partial charge is 0.152 e.